The summed E-state index contributed by atoms with van der Waals surface area (Å²) in [5.41, 5.74) is 0. The Kier molecular flexibility index (Phi) is 13.5. The summed E-state index contributed by atoms with van der Waals surface area (Å²) in [4.78, 5) is 0. The molecule has 5 radical (unpaired) electrons. The SMILES string of the molecule is CCO[Si]O[Si](C)(O[Si]OCC)O[Si](C)(C)O[Si](C)(C)O[Si](C)(C)O[Si](C)C. The number of hydrogen-bond donors (Lipinski definition) is 0. The second kappa shape index (κ2) is 12.9. The fourth-order valence-corrected chi connectivity index (χ4v) is 24.7. The van der Waals surface area contributed by atoms with Crippen LogP contribution in [0.15, 0.2) is 0 Å². The summed E-state index contributed by atoms with van der Waals surface area (Å²) < 4.78 is 47.7. The second-order valence-corrected chi connectivity index (χ2v) is 25.4. The molecule has 0 rings (SSSR count). The molecule has 0 spiro atoms. The standard InChI is InChI=1S/C13H37O8Si7/c1-12-14-22-16-28(11,17-23-15-13-2)21-27(9,10)20-26(7,8)19-25(5,6)18-24(3)4/h12-13H2,1-11H3. The maximum absolute atomic E-state index is 6.45. The van der Waals surface area contributed by atoms with Crippen LogP contribution in [-0.2, 0) is 33.5 Å². The Bertz CT molecular complexity index is 429. The van der Waals surface area contributed by atoms with E-state index in [1.807, 2.05) is 46.6 Å². The lowest BCUT2D eigenvalue weighted by Crippen LogP contribution is -2.59. The van der Waals surface area contributed by atoms with Crippen LogP contribution in [0.1, 0.15) is 13.8 Å². The Morgan fingerprint density at radius 1 is 0.643 bits per heavy atom. The lowest BCUT2D eigenvalue weighted by molar-refractivity contribution is 0.191. The van der Waals surface area contributed by atoms with Gasteiger partial charge in [0.25, 0.3) is 0 Å². The third-order valence-corrected chi connectivity index (χ3v) is 22.1. The van der Waals surface area contributed by atoms with Crippen molar-refractivity contribution in [3.63, 3.8) is 0 Å². The second-order valence-electron chi connectivity index (χ2n) is 7.62. The van der Waals surface area contributed by atoms with Crippen LogP contribution < -0.4 is 0 Å². The van der Waals surface area contributed by atoms with E-state index in [2.05, 4.69) is 26.2 Å². The zero-order valence-electron chi connectivity index (χ0n) is 19.2. The lowest BCUT2D eigenvalue weighted by Gasteiger charge is -2.40. The summed E-state index contributed by atoms with van der Waals surface area (Å²) in [7, 11) is -11.4. The summed E-state index contributed by atoms with van der Waals surface area (Å²) >= 11 is 0. The Morgan fingerprint density at radius 2 is 1.04 bits per heavy atom. The first kappa shape index (κ1) is 29.2. The third kappa shape index (κ3) is 14.2. The Labute approximate surface area is 182 Å². The molecule has 0 aromatic heterocycles. The molecule has 0 aliphatic heterocycles. The van der Waals surface area contributed by atoms with Gasteiger partial charge in [0.2, 0.25) is 0 Å². The zero-order valence-corrected chi connectivity index (χ0v) is 26.2. The first-order valence-electron chi connectivity index (χ1n) is 9.35. The van der Waals surface area contributed by atoms with E-state index in [-0.39, 0.29) is 20.0 Å². The molecule has 15 heteroatoms. The average molecular weight is 518 g/mol. The summed E-state index contributed by atoms with van der Waals surface area (Å²) in [6, 6.07) is 0. The van der Waals surface area contributed by atoms with Gasteiger partial charge in [0.1, 0.15) is 0 Å². The average Bonchev–Trinajstić information content (AvgIpc) is 2.42. The molecule has 0 fully saturated rings. The van der Waals surface area contributed by atoms with Crippen molar-refractivity contribution in [2.24, 2.45) is 0 Å². The van der Waals surface area contributed by atoms with Crippen molar-refractivity contribution in [1.29, 1.82) is 0 Å². The van der Waals surface area contributed by atoms with Crippen molar-refractivity contribution in [3.05, 3.63) is 0 Å². The van der Waals surface area contributed by atoms with Crippen molar-refractivity contribution in [1.82, 2.24) is 0 Å². The van der Waals surface area contributed by atoms with Crippen LogP contribution in [0, 0.1) is 0 Å². The van der Waals surface area contributed by atoms with E-state index in [1.165, 1.54) is 0 Å². The fraction of sp³-hybridized carbons (Fsp3) is 1.00. The maximum Gasteiger partial charge on any atom is 0.470 e. The zero-order chi connectivity index (χ0) is 22.1. The first-order chi connectivity index (χ1) is 12.7. The molecule has 0 bridgehead atoms. The van der Waals surface area contributed by atoms with Gasteiger partial charge in [-0.15, -0.1) is 0 Å². The van der Waals surface area contributed by atoms with Crippen molar-refractivity contribution in [2.75, 3.05) is 13.2 Å². The van der Waals surface area contributed by atoms with Crippen LogP contribution in [-0.4, -0.2) is 76.8 Å². The third-order valence-electron chi connectivity index (χ3n) is 2.72. The molecule has 0 aliphatic rings. The molecule has 0 aromatic carbocycles. The molecule has 28 heavy (non-hydrogen) atoms. The van der Waals surface area contributed by atoms with E-state index in [0.717, 1.165) is 0 Å². The van der Waals surface area contributed by atoms with Gasteiger partial charge in [0.05, 0.1) is 0 Å². The monoisotopic (exact) mass is 517 g/mol. The van der Waals surface area contributed by atoms with Crippen molar-refractivity contribution in [3.8, 4) is 0 Å². The predicted molar refractivity (Wildman–Crippen MR) is 123 cm³/mol. The smallest absolute Gasteiger partial charge is 0.437 e. The van der Waals surface area contributed by atoms with Gasteiger partial charge in [-0.25, -0.2) is 0 Å². The van der Waals surface area contributed by atoms with Crippen LogP contribution in [0.25, 0.3) is 0 Å². The fourth-order valence-electron chi connectivity index (χ4n) is 2.58. The van der Waals surface area contributed by atoms with Crippen molar-refractivity contribution in [2.45, 2.75) is 72.8 Å². The predicted octanol–water partition coefficient (Wildman–Crippen LogP) is 3.15. The van der Waals surface area contributed by atoms with E-state index in [9.17, 15) is 0 Å². The van der Waals surface area contributed by atoms with E-state index >= 15 is 0 Å². The number of hydrogen-bond acceptors (Lipinski definition) is 8. The molecule has 0 aromatic rings. The highest BCUT2D eigenvalue weighted by Crippen LogP contribution is 2.25. The molecule has 0 amide bonds. The molecule has 165 valence electrons. The lowest BCUT2D eigenvalue weighted by atomic mass is 10.9. The molecule has 0 atom stereocenters. The maximum atomic E-state index is 6.45. The van der Waals surface area contributed by atoms with Gasteiger partial charge < -0.3 is 33.5 Å². The van der Waals surface area contributed by atoms with Gasteiger partial charge in [-0.1, -0.05) is 0 Å². The van der Waals surface area contributed by atoms with Crippen molar-refractivity contribution >= 4 is 63.5 Å². The minimum atomic E-state index is -2.98. The topological polar surface area (TPSA) is 73.8 Å². The van der Waals surface area contributed by atoms with Crippen LogP contribution in [0.4, 0.5) is 0 Å². The molecule has 0 N–H and O–H groups in total. The molecule has 0 heterocycles. The molecule has 0 saturated heterocycles. The highest BCUT2D eigenvalue weighted by molar-refractivity contribution is 6.88. The minimum Gasteiger partial charge on any atom is -0.437 e. The molecule has 0 saturated carbocycles. The summed E-state index contributed by atoms with van der Waals surface area (Å²) in [6.45, 7) is 23.2. The van der Waals surface area contributed by atoms with Gasteiger partial charge in [-0.05, 0) is 66.2 Å². The van der Waals surface area contributed by atoms with E-state index in [1.54, 1.807) is 0 Å². The van der Waals surface area contributed by atoms with Crippen LogP contribution in [0.5, 0.6) is 0 Å². The summed E-state index contributed by atoms with van der Waals surface area (Å²) in [5.74, 6) is 0. The van der Waals surface area contributed by atoms with Gasteiger partial charge in [0.15, 0.2) is 9.04 Å². The van der Waals surface area contributed by atoms with Crippen LogP contribution in [0.3, 0.4) is 0 Å². The summed E-state index contributed by atoms with van der Waals surface area (Å²) in [5, 5.41) is 0. The van der Waals surface area contributed by atoms with E-state index in [4.69, 9.17) is 33.5 Å². The largest absolute Gasteiger partial charge is 0.470 e. The quantitative estimate of drug-likeness (QED) is 0.228. The molecule has 0 aliphatic carbocycles. The molecular formula is C13H37O8Si7. The molecular weight excluding hydrogens is 481 g/mol. The highest BCUT2D eigenvalue weighted by Gasteiger charge is 2.48. The summed E-state index contributed by atoms with van der Waals surface area (Å²) in [6.07, 6.45) is 0. The van der Waals surface area contributed by atoms with E-state index < -0.39 is 43.5 Å². The van der Waals surface area contributed by atoms with Crippen LogP contribution >= 0.6 is 0 Å². The Morgan fingerprint density at radius 3 is 1.43 bits per heavy atom. The number of rotatable bonds is 16. The van der Waals surface area contributed by atoms with Gasteiger partial charge in [-0.3, -0.25) is 0 Å². The normalized spacial score (nSPS) is 14.1. The highest BCUT2D eigenvalue weighted by atomic mass is 28.5. The van der Waals surface area contributed by atoms with Gasteiger partial charge >= 0.3 is 54.5 Å². The van der Waals surface area contributed by atoms with Crippen LogP contribution in [0.2, 0.25) is 58.9 Å². The van der Waals surface area contributed by atoms with Gasteiger partial charge in [0, 0.05) is 19.8 Å². The van der Waals surface area contributed by atoms with Crippen molar-refractivity contribution < 1.29 is 33.5 Å². The molecule has 8 nitrogen and oxygen atoms in total. The van der Waals surface area contributed by atoms with Gasteiger partial charge in [-0.2, -0.15) is 0 Å². The Balaban J connectivity index is 5.07. The minimum absolute atomic E-state index is 0.145. The molecule has 0 unspecified atom stereocenters. The van der Waals surface area contributed by atoms with E-state index in [0.29, 0.717) is 13.2 Å². The Hall–Kier alpha value is 1.20. The first-order valence-corrected chi connectivity index (χ1v) is 24.1.